The quantitative estimate of drug-likeness (QED) is 0.674. The summed E-state index contributed by atoms with van der Waals surface area (Å²) in [5.41, 5.74) is 2.18. The van der Waals surface area contributed by atoms with Crippen molar-refractivity contribution in [3.8, 4) is 0 Å². The zero-order chi connectivity index (χ0) is 21.9. The van der Waals surface area contributed by atoms with E-state index < -0.39 is 25.9 Å². The first kappa shape index (κ1) is 22.5. The molecule has 1 amide bonds. The van der Waals surface area contributed by atoms with Gasteiger partial charge in [0.25, 0.3) is 5.91 Å². The molecule has 2 N–H and O–H groups in total. The molecule has 1 aliphatic heterocycles. The monoisotopic (exact) mass is 450 g/mol. The van der Waals surface area contributed by atoms with E-state index in [1.165, 1.54) is 29.8 Å². The summed E-state index contributed by atoms with van der Waals surface area (Å²) in [6, 6.07) is 12.6. The van der Waals surface area contributed by atoms with Crippen LogP contribution in [0.3, 0.4) is 0 Å². The molecule has 0 bridgehead atoms. The lowest BCUT2D eigenvalue weighted by atomic mass is 9.98. The molecule has 7 nitrogen and oxygen atoms in total. The summed E-state index contributed by atoms with van der Waals surface area (Å²) in [5, 5.41) is 2.80. The molecule has 3 rings (SSSR count). The van der Waals surface area contributed by atoms with Crippen LogP contribution in [0.25, 0.3) is 0 Å². The smallest absolute Gasteiger partial charge is 0.255 e. The van der Waals surface area contributed by atoms with Crippen molar-refractivity contribution in [3.05, 3.63) is 59.7 Å². The molecule has 0 saturated carbocycles. The van der Waals surface area contributed by atoms with Crippen LogP contribution in [-0.2, 0) is 19.9 Å². The van der Waals surface area contributed by atoms with Crippen LogP contribution in [0.5, 0.6) is 0 Å². The molecule has 1 saturated heterocycles. The van der Waals surface area contributed by atoms with Crippen molar-refractivity contribution < 1.29 is 21.6 Å². The lowest BCUT2D eigenvalue weighted by Crippen LogP contribution is -2.35. The van der Waals surface area contributed by atoms with Gasteiger partial charge in [-0.1, -0.05) is 26.0 Å². The van der Waals surface area contributed by atoms with Crippen molar-refractivity contribution in [1.29, 1.82) is 0 Å². The minimum absolute atomic E-state index is 0.0127. The summed E-state index contributed by atoms with van der Waals surface area (Å²) >= 11 is 0. The topological polar surface area (TPSA) is 109 Å². The summed E-state index contributed by atoms with van der Waals surface area (Å²) in [6.07, 6.45) is 1.30. The first-order chi connectivity index (χ1) is 14.1. The molecule has 0 spiro atoms. The van der Waals surface area contributed by atoms with Crippen LogP contribution in [0.4, 0.5) is 5.69 Å². The van der Waals surface area contributed by atoms with Crippen LogP contribution in [0.1, 0.15) is 48.5 Å². The Labute approximate surface area is 177 Å². The number of rotatable bonds is 7. The van der Waals surface area contributed by atoms with Crippen molar-refractivity contribution in [2.45, 2.75) is 43.5 Å². The number of hydrogen-bond donors (Lipinski definition) is 2. The fourth-order valence-electron chi connectivity index (χ4n) is 3.29. The van der Waals surface area contributed by atoms with Crippen molar-refractivity contribution >= 4 is 31.5 Å². The molecule has 0 aromatic heterocycles. The average Bonchev–Trinajstić information content (AvgIpc) is 3.05. The maximum Gasteiger partial charge on any atom is 0.255 e. The van der Waals surface area contributed by atoms with Gasteiger partial charge in [-0.25, -0.2) is 21.6 Å². The van der Waals surface area contributed by atoms with Gasteiger partial charge in [0, 0.05) is 17.3 Å². The predicted octanol–water partition coefficient (Wildman–Crippen LogP) is 2.92. The first-order valence-electron chi connectivity index (χ1n) is 9.84. The fourth-order valence-corrected chi connectivity index (χ4v) is 6.34. The predicted molar refractivity (Wildman–Crippen MR) is 117 cm³/mol. The van der Waals surface area contributed by atoms with E-state index in [9.17, 15) is 21.6 Å². The Morgan fingerprint density at radius 2 is 1.73 bits per heavy atom. The zero-order valence-electron chi connectivity index (χ0n) is 17.0. The van der Waals surface area contributed by atoms with Crippen LogP contribution < -0.4 is 10.0 Å². The standard InChI is InChI=1S/C21H26N2O5S2/c1-3-15(2)16-4-8-18(9-5-16)22-21(24)17-6-10-20(11-7-17)30(27,28)23-19-12-13-29(25,26)14-19/h4-11,15,19,23H,3,12-14H2,1-2H3,(H,22,24). The number of carbonyl (C=O) groups excluding carboxylic acids is 1. The Morgan fingerprint density at radius 3 is 2.27 bits per heavy atom. The first-order valence-corrected chi connectivity index (χ1v) is 13.1. The third kappa shape index (κ3) is 5.47. The maximum atomic E-state index is 12.5. The number of sulfonamides is 1. The Balaban J connectivity index is 1.65. The second-order valence-electron chi connectivity index (χ2n) is 7.63. The van der Waals surface area contributed by atoms with Gasteiger partial charge < -0.3 is 5.32 Å². The summed E-state index contributed by atoms with van der Waals surface area (Å²) in [4.78, 5) is 12.4. The lowest BCUT2D eigenvalue weighted by Gasteiger charge is -2.12. The van der Waals surface area contributed by atoms with Crippen molar-refractivity contribution in [2.24, 2.45) is 0 Å². The van der Waals surface area contributed by atoms with Gasteiger partial charge in [0.15, 0.2) is 9.84 Å². The SMILES string of the molecule is CCC(C)c1ccc(NC(=O)c2ccc(S(=O)(=O)NC3CCS(=O)(=O)C3)cc2)cc1. The van der Waals surface area contributed by atoms with Gasteiger partial charge in [0.05, 0.1) is 16.4 Å². The maximum absolute atomic E-state index is 12.5. The number of anilines is 1. The summed E-state index contributed by atoms with van der Waals surface area (Å²) in [7, 11) is -7.04. The van der Waals surface area contributed by atoms with Crippen LogP contribution in [0.15, 0.2) is 53.4 Å². The van der Waals surface area contributed by atoms with Gasteiger partial charge in [-0.15, -0.1) is 0 Å². The van der Waals surface area contributed by atoms with E-state index in [-0.39, 0.29) is 28.7 Å². The molecular formula is C21H26N2O5S2. The molecule has 1 heterocycles. The largest absolute Gasteiger partial charge is 0.322 e. The number of carbonyl (C=O) groups is 1. The molecule has 0 aliphatic carbocycles. The van der Waals surface area contributed by atoms with Gasteiger partial charge in [-0.05, 0) is 60.7 Å². The highest BCUT2D eigenvalue weighted by molar-refractivity contribution is 7.92. The van der Waals surface area contributed by atoms with E-state index in [1.807, 2.05) is 24.3 Å². The second-order valence-corrected chi connectivity index (χ2v) is 11.6. The van der Waals surface area contributed by atoms with Gasteiger partial charge in [-0.2, -0.15) is 0 Å². The number of amides is 1. The molecule has 0 radical (unpaired) electrons. The summed E-state index contributed by atoms with van der Waals surface area (Å²) in [6.45, 7) is 4.26. The Kier molecular flexibility index (Phi) is 6.64. The highest BCUT2D eigenvalue weighted by Crippen LogP contribution is 2.21. The molecule has 30 heavy (non-hydrogen) atoms. The van der Waals surface area contributed by atoms with Gasteiger partial charge in [0.1, 0.15) is 0 Å². The molecule has 162 valence electrons. The molecule has 2 unspecified atom stereocenters. The van der Waals surface area contributed by atoms with Crippen LogP contribution in [0.2, 0.25) is 0 Å². The van der Waals surface area contributed by atoms with E-state index in [2.05, 4.69) is 23.9 Å². The normalized spacial score (nSPS) is 19.3. The molecular weight excluding hydrogens is 424 g/mol. The summed E-state index contributed by atoms with van der Waals surface area (Å²) in [5.74, 6) is -0.104. The molecule has 9 heteroatoms. The zero-order valence-corrected chi connectivity index (χ0v) is 18.6. The average molecular weight is 451 g/mol. The highest BCUT2D eigenvalue weighted by Gasteiger charge is 2.31. The van der Waals surface area contributed by atoms with Crippen LogP contribution in [0, 0.1) is 0 Å². The van der Waals surface area contributed by atoms with E-state index >= 15 is 0 Å². The molecule has 1 fully saturated rings. The second kappa shape index (κ2) is 8.87. The third-order valence-electron chi connectivity index (χ3n) is 5.33. The van der Waals surface area contributed by atoms with Crippen LogP contribution in [-0.4, -0.2) is 40.3 Å². The number of sulfone groups is 1. The van der Waals surface area contributed by atoms with Crippen LogP contribution >= 0.6 is 0 Å². The lowest BCUT2D eigenvalue weighted by molar-refractivity contribution is 0.102. The highest BCUT2D eigenvalue weighted by atomic mass is 32.2. The minimum Gasteiger partial charge on any atom is -0.322 e. The third-order valence-corrected chi connectivity index (χ3v) is 8.64. The number of benzene rings is 2. The Hall–Kier alpha value is -2.23. The van der Waals surface area contributed by atoms with Gasteiger partial charge >= 0.3 is 0 Å². The molecule has 2 aromatic carbocycles. The van der Waals surface area contributed by atoms with Crippen molar-refractivity contribution in [2.75, 3.05) is 16.8 Å². The van der Waals surface area contributed by atoms with E-state index in [1.54, 1.807) is 0 Å². The summed E-state index contributed by atoms with van der Waals surface area (Å²) < 4.78 is 50.4. The van der Waals surface area contributed by atoms with Gasteiger partial charge in [0.2, 0.25) is 10.0 Å². The van der Waals surface area contributed by atoms with Crippen molar-refractivity contribution in [1.82, 2.24) is 4.72 Å². The van der Waals surface area contributed by atoms with E-state index in [4.69, 9.17) is 0 Å². The molecule has 2 aromatic rings. The number of hydrogen-bond acceptors (Lipinski definition) is 5. The Morgan fingerprint density at radius 1 is 1.10 bits per heavy atom. The number of nitrogens with one attached hydrogen (secondary N) is 2. The minimum atomic E-state index is -3.86. The molecule has 2 atom stereocenters. The van der Waals surface area contributed by atoms with Gasteiger partial charge in [-0.3, -0.25) is 4.79 Å². The fraction of sp³-hybridized carbons (Fsp3) is 0.381. The van der Waals surface area contributed by atoms with E-state index in [0.717, 1.165) is 6.42 Å². The van der Waals surface area contributed by atoms with E-state index in [0.29, 0.717) is 17.2 Å². The van der Waals surface area contributed by atoms with Crippen molar-refractivity contribution in [3.63, 3.8) is 0 Å². The molecule has 1 aliphatic rings. The Bertz CT molecular complexity index is 1110.